The van der Waals surface area contributed by atoms with Crippen molar-refractivity contribution in [3.05, 3.63) is 56.7 Å². The van der Waals surface area contributed by atoms with Crippen LogP contribution in [0.15, 0.2) is 46.3 Å². The molecule has 1 saturated heterocycles. The van der Waals surface area contributed by atoms with Gasteiger partial charge >= 0.3 is 6.09 Å². The smallest absolute Gasteiger partial charge is 0.407 e. The summed E-state index contributed by atoms with van der Waals surface area (Å²) in [7, 11) is 0. The van der Waals surface area contributed by atoms with E-state index in [1.54, 1.807) is 30.3 Å². The largest absolute Gasteiger partial charge is 0.465 e. The first-order valence-electron chi connectivity index (χ1n) is 8.33. The summed E-state index contributed by atoms with van der Waals surface area (Å²) in [6.07, 6.45) is -1.13. The molecule has 2 heterocycles. The summed E-state index contributed by atoms with van der Waals surface area (Å²) in [6, 6.07) is 10.3. The average Bonchev–Trinajstić information content (AvgIpc) is 3.27. The quantitative estimate of drug-likeness (QED) is 0.577. The first-order valence-corrected chi connectivity index (χ1v) is 10.4. The van der Waals surface area contributed by atoms with Crippen molar-refractivity contribution in [3.8, 4) is 0 Å². The van der Waals surface area contributed by atoms with E-state index in [9.17, 15) is 19.8 Å². The van der Waals surface area contributed by atoms with Gasteiger partial charge in [-0.25, -0.2) is 4.79 Å². The third-order valence-electron chi connectivity index (χ3n) is 4.88. The van der Waals surface area contributed by atoms with Crippen LogP contribution in [0, 0.1) is 5.92 Å². The summed E-state index contributed by atoms with van der Waals surface area (Å²) in [5.74, 6) is -1.04. The van der Waals surface area contributed by atoms with Crippen molar-refractivity contribution in [2.24, 2.45) is 11.7 Å². The van der Waals surface area contributed by atoms with Crippen molar-refractivity contribution in [2.45, 2.75) is 5.54 Å². The number of carbonyl (C=O) groups is 2. The number of carboxylic acid groups (broad SMARTS) is 1. The molecule has 1 aromatic carbocycles. The van der Waals surface area contributed by atoms with E-state index in [2.05, 4.69) is 15.9 Å². The first-order chi connectivity index (χ1) is 13.3. The highest BCUT2D eigenvalue weighted by Gasteiger charge is 2.56. The van der Waals surface area contributed by atoms with Crippen LogP contribution in [-0.4, -0.2) is 56.8 Å². The van der Waals surface area contributed by atoms with Gasteiger partial charge in [0.15, 0.2) is 5.11 Å². The Morgan fingerprint density at radius 3 is 2.57 bits per heavy atom. The zero-order chi connectivity index (χ0) is 20.5. The van der Waals surface area contributed by atoms with Crippen LogP contribution < -0.4 is 5.73 Å². The van der Waals surface area contributed by atoms with E-state index in [0.717, 1.165) is 4.47 Å². The molecule has 0 radical (unpaired) electrons. The fourth-order valence-electron chi connectivity index (χ4n) is 3.63. The zero-order valence-corrected chi connectivity index (χ0v) is 17.8. The summed E-state index contributed by atoms with van der Waals surface area (Å²) < 4.78 is 0.785. The number of nitrogens with two attached hydrogens (primary N) is 1. The molecule has 0 saturated carbocycles. The Labute approximate surface area is 179 Å². The fraction of sp³-hybridized carbons (Fsp3) is 0.278. The molecule has 4 N–H and O–H groups in total. The molecule has 1 fully saturated rings. The third-order valence-corrected chi connectivity index (χ3v) is 6.92. The summed E-state index contributed by atoms with van der Waals surface area (Å²) in [4.78, 5) is 28.2. The lowest BCUT2D eigenvalue weighted by atomic mass is 9.83. The van der Waals surface area contributed by atoms with E-state index in [4.69, 9.17) is 18.0 Å². The van der Waals surface area contributed by atoms with Crippen molar-refractivity contribution < 1.29 is 19.8 Å². The molecule has 148 valence electrons. The predicted octanol–water partition coefficient (Wildman–Crippen LogP) is 2.69. The second-order valence-electron chi connectivity index (χ2n) is 6.44. The van der Waals surface area contributed by atoms with Gasteiger partial charge in [0.2, 0.25) is 0 Å². The number of hydrogen-bond donors (Lipinski definition) is 3. The molecule has 1 aromatic heterocycles. The highest BCUT2D eigenvalue weighted by molar-refractivity contribution is 9.10. The molecule has 7 nitrogen and oxygen atoms in total. The van der Waals surface area contributed by atoms with Crippen LogP contribution in [0.1, 0.15) is 15.2 Å². The second-order valence-corrected chi connectivity index (χ2v) is 8.69. The maximum Gasteiger partial charge on any atom is 0.407 e. The molecule has 1 aliphatic rings. The van der Waals surface area contributed by atoms with Crippen molar-refractivity contribution in [1.29, 1.82) is 0 Å². The van der Waals surface area contributed by atoms with Gasteiger partial charge < -0.3 is 20.8 Å². The van der Waals surface area contributed by atoms with Gasteiger partial charge in [0.25, 0.3) is 5.91 Å². The van der Waals surface area contributed by atoms with Crippen LogP contribution in [0.25, 0.3) is 0 Å². The minimum atomic E-state index is -1.21. The fourth-order valence-corrected chi connectivity index (χ4v) is 5.56. The van der Waals surface area contributed by atoms with Gasteiger partial charge in [-0.15, -0.1) is 11.3 Å². The number of halogens is 1. The molecule has 0 aliphatic carbocycles. The Morgan fingerprint density at radius 2 is 2.07 bits per heavy atom. The second kappa shape index (κ2) is 8.16. The number of aliphatic hydroxyl groups is 1. The molecule has 2 aromatic rings. The number of rotatable bonds is 4. The maximum absolute atomic E-state index is 13.4. The van der Waals surface area contributed by atoms with Crippen LogP contribution in [0.4, 0.5) is 4.79 Å². The van der Waals surface area contributed by atoms with E-state index in [0.29, 0.717) is 10.4 Å². The lowest BCUT2D eigenvalue weighted by Gasteiger charge is -2.42. The van der Waals surface area contributed by atoms with Gasteiger partial charge in [0.05, 0.1) is 13.2 Å². The topological polar surface area (TPSA) is 107 Å². The Kier molecular flexibility index (Phi) is 6.04. The SMILES string of the molecule is NC(=S)N(C(=O)c1ccccc1)C1(c2cc(Br)cs2)CN(C(=O)O)CC1CO. The van der Waals surface area contributed by atoms with Crippen molar-refractivity contribution >= 4 is 56.6 Å². The van der Waals surface area contributed by atoms with Crippen molar-refractivity contribution in [1.82, 2.24) is 9.80 Å². The first kappa shape index (κ1) is 20.7. The molecule has 2 amide bonds. The molecular weight excluding hydrogens is 466 g/mol. The molecule has 2 unspecified atom stereocenters. The lowest BCUT2D eigenvalue weighted by Crippen LogP contribution is -2.59. The number of nitrogens with zero attached hydrogens (tertiary/aromatic N) is 2. The summed E-state index contributed by atoms with van der Waals surface area (Å²) in [6.45, 7) is -0.320. The Morgan fingerprint density at radius 1 is 1.39 bits per heavy atom. The minimum absolute atomic E-state index is 0.0452. The number of amides is 2. The number of thiophene rings is 1. The Hall–Kier alpha value is -2.01. The van der Waals surface area contributed by atoms with Crippen LogP contribution in [-0.2, 0) is 5.54 Å². The number of carbonyl (C=O) groups excluding carboxylic acids is 1. The highest BCUT2D eigenvalue weighted by Crippen LogP contribution is 2.46. The minimum Gasteiger partial charge on any atom is -0.465 e. The van der Waals surface area contributed by atoms with E-state index in [1.807, 2.05) is 11.4 Å². The summed E-state index contributed by atoms with van der Waals surface area (Å²) in [5.41, 5.74) is 5.17. The summed E-state index contributed by atoms with van der Waals surface area (Å²) >= 11 is 10.00. The molecule has 2 atom stereocenters. The lowest BCUT2D eigenvalue weighted by molar-refractivity contribution is 0.0541. The van der Waals surface area contributed by atoms with Gasteiger partial charge in [-0.3, -0.25) is 9.69 Å². The monoisotopic (exact) mass is 483 g/mol. The molecule has 0 spiro atoms. The number of thiocarbonyl (C=S) groups is 1. The number of hydrogen-bond acceptors (Lipinski definition) is 5. The van der Waals surface area contributed by atoms with E-state index in [-0.39, 0.29) is 24.8 Å². The average molecular weight is 484 g/mol. The molecule has 0 bridgehead atoms. The molecule has 10 heteroatoms. The summed E-state index contributed by atoms with van der Waals surface area (Å²) in [5, 5.41) is 21.3. The maximum atomic E-state index is 13.4. The Bertz CT molecular complexity index is 907. The zero-order valence-electron chi connectivity index (χ0n) is 14.6. The van der Waals surface area contributed by atoms with Crippen LogP contribution in [0.5, 0.6) is 0 Å². The van der Waals surface area contributed by atoms with Crippen molar-refractivity contribution in [3.63, 3.8) is 0 Å². The van der Waals surface area contributed by atoms with Gasteiger partial charge in [-0.1, -0.05) is 18.2 Å². The normalized spacial score (nSPS) is 21.5. The van der Waals surface area contributed by atoms with Gasteiger partial charge in [-0.2, -0.15) is 0 Å². The molecular formula is C18H18BrN3O4S2. The van der Waals surface area contributed by atoms with Gasteiger partial charge in [0.1, 0.15) is 5.54 Å². The standard InChI is InChI=1S/C18H18BrN3O4S2/c19-13-6-14(28-9-13)18(10-21(17(25)26)7-12(18)8-23)22(16(20)27)15(24)11-4-2-1-3-5-11/h1-6,9,12,23H,7-8,10H2,(H2,20,27)(H,25,26). The van der Waals surface area contributed by atoms with Gasteiger partial charge in [-0.05, 0) is 46.3 Å². The van der Waals surface area contributed by atoms with E-state index >= 15 is 0 Å². The van der Waals surface area contributed by atoms with Crippen molar-refractivity contribution in [2.75, 3.05) is 19.7 Å². The Balaban J connectivity index is 2.21. The third kappa shape index (κ3) is 3.52. The number of benzene rings is 1. The molecule has 3 rings (SSSR count). The molecule has 28 heavy (non-hydrogen) atoms. The van der Waals surface area contributed by atoms with Crippen LogP contribution in [0.2, 0.25) is 0 Å². The van der Waals surface area contributed by atoms with Crippen LogP contribution in [0.3, 0.4) is 0 Å². The van der Waals surface area contributed by atoms with Gasteiger partial charge in [0, 0.05) is 32.8 Å². The highest BCUT2D eigenvalue weighted by atomic mass is 79.9. The number of likely N-dealkylation sites (tertiary alicyclic amines) is 1. The van der Waals surface area contributed by atoms with Crippen LogP contribution >= 0.6 is 39.5 Å². The number of aliphatic hydroxyl groups excluding tert-OH is 1. The molecule has 1 aliphatic heterocycles. The van der Waals surface area contributed by atoms with E-state index in [1.165, 1.54) is 21.1 Å². The van der Waals surface area contributed by atoms with E-state index < -0.39 is 23.5 Å². The predicted molar refractivity (Wildman–Crippen MR) is 113 cm³/mol.